The molecule has 0 aromatic heterocycles. The number of halogens is 2. The summed E-state index contributed by atoms with van der Waals surface area (Å²) < 4.78 is 13.6. The van der Waals surface area contributed by atoms with Crippen molar-refractivity contribution in [1.29, 1.82) is 0 Å². The van der Waals surface area contributed by atoms with Crippen molar-refractivity contribution in [3.63, 3.8) is 0 Å². The lowest BCUT2D eigenvalue weighted by atomic mass is 10.1. The van der Waals surface area contributed by atoms with Crippen LogP contribution in [-0.2, 0) is 13.1 Å². The Balaban J connectivity index is 1.98. The van der Waals surface area contributed by atoms with E-state index in [1.54, 1.807) is 0 Å². The molecule has 2 atom stereocenters. The van der Waals surface area contributed by atoms with Crippen molar-refractivity contribution >= 4 is 17.7 Å². The molecule has 0 radical (unpaired) electrons. The lowest BCUT2D eigenvalue weighted by Gasteiger charge is -2.38. The van der Waals surface area contributed by atoms with Crippen LogP contribution < -0.4 is 5.11 Å². The van der Waals surface area contributed by atoms with Crippen LogP contribution in [-0.4, -0.2) is 21.7 Å². The molecule has 0 aliphatic heterocycles. The zero-order valence-electron chi connectivity index (χ0n) is 12.5. The van der Waals surface area contributed by atoms with Crippen LogP contribution in [0.2, 0.25) is 0 Å². The number of rotatable bonds is 5. The third kappa shape index (κ3) is 3.23. The Kier molecular flexibility index (Phi) is 4.13. The second kappa shape index (κ2) is 5.95. The first-order valence-electron chi connectivity index (χ1n) is 7.48. The van der Waals surface area contributed by atoms with E-state index in [-0.39, 0.29) is 19.5 Å². The summed E-state index contributed by atoms with van der Waals surface area (Å²) in [6, 6.07) is 17.5. The van der Waals surface area contributed by atoms with Gasteiger partial charge in [0.15, 0.2) is 0 Å². The average molecular weight is 334 g/mol. The van der Waals surface area contributed by atoms with Crippen molar-refractivity contribution in [3.8, 4) is 0 Å². The maximum absolute atomic E-state index is 14.2. The van der Waals surface area contributed by atoms with Gasteiger partial charge in [0.2, 0.25) is 5.13 Å². The maximum atomic E-state index is 14.2. The predicted molar refractivity (Wildman–Crippen MR) is 84.0 cm³/mol. The van der Waals surface area contributed by atoms with Crippen LogP contribution in [0.3, 0.4) is 0 Å². The van der Waals surface area contributed by atoms with Crippen LogP contribution in [0, 0.1) is 0 Å². The Labute approximate surface area is 139 Å². The molecule has 0 bridgehead atoms. The van der Waals surface area contributed by atoms with Crippen molar-refractivity contribution in [2.75, 3.05) is 0 Å². The maximum Gasteiger partial charge on any atom is 0.258 e. The molecule has 1 amide bonds. The monoisotopic (exact) mass is 333 g/mol. The molecule has 1 saturated carbocycles. The molecule has 2 aromatic carbocycles. The molecule has 2 aromatic rings. The van der Waals surface area contributed by atoms with Gasteiger partial charge < -0.3 is 9.90 Å². The third-order valence-electron chi connectivity index (χ3n) is 4.37. The summed E-state index contributed by atoms with van der Waals surface area (Å²) in [5.41, 5.74) is 1.62. The third-order valence-corrected chi connectivity index (χ3v) is 4.77. The van der Waals surface area contributed by atoms with Gasteiger partial charge >= 0.3 is 0 Å². The van der Waals surface area contributed by atoms with Crippen molar-refractivity contribution < 1.29 is 18.8 Å². The molecule has 2 unspecified atom stereocenters. The Morgan fingerprint density at radius 3 is 1.78 bits per heavy atom. The molecule has 0 saturated heterocycles. The Morgan fingerprint density at radius 1 is 1.09 bits per heavy atom. The van der Waals surface area contributed by atoms with Gasteiger partial charge in [-0.2, -0.15) is 0 Å². The Bertz CT molecular complexity index is 649. The van der Waals surface area contributed by atoms with E-state index in [0.29, 0.717) is 0 Å². The number of carbonyl (C=O) groups excluding carboxylic acids is 1. The number of carboxylic acid groups (broad SMARTS) is 1. The normalized spacial score (nSPS) is 23.5. The van der Waals surface area contributed by atoms with E-state index >= 15 is 0 Å². The first kappa shape index (κ1) is 16.0. The van der Waals surface area contributed by atoms with Gasteiger partial charge in [-0.25, -0.2) is 4.39 Å². The van der Waals surface area contributed by atoms with E-state index in [1.807, 2.05) is 60.7 Å². The van der Waals surface area contributed by atoms with E-state index in [0.717, 1.165) is 11.1 Å². The molecule has 0 spiro atoms. The van der Waals surface area contributed by atoms with Crippen molar-refractivity contribution in [3.05, 3.63) is 71.8 Å². The van der Waals surface area contributed by atoms with Gasteiger partial charge in [0.1, 0.15) is 19.1 Å². The summed E-state index contributed by atoms with van der Waals surface area (Å²) in [5, 5.41) is 10.1. The van der Waals surface area contributed by atoms with E-state index in [9.17, 15) is 14.3 Å². The molecule has 23 heavy (non-hydrogen) atoms. The van der Waals surface area contributed by atoms with Gasteiger partial charge in [-0.05, 0) is 0 Å². The minimum absolute atomic E-state index is 0.0161. The number of quaternary nitrogens is 1. The molecule has 1 fully saturated rings. The van der Waals surface area contributed by atoms with Crippen LogP contribution in [0.1, 0.15) is 17.5 Å². The number of amides is 1. The van der Waals surface area contributed by atoms with E-state index < -0.39 is 21.7 Å². The predicted octanol–water partition coefficient (Wildman–Crippen LogP) is 3.22. The fourth-order valence-corrected chi connectivity index (χ4v) is 3.42. The molecular formula is C18H17ClFNO2. The lowest BCUT2D eigenvalue weighted by molar-refractivity contribution is -0.913. The second-order valence-corrected chi connectivity index (χ2v) is 6.70. The van der Waals surface area contributed by atoms with Crippen molar-refractivity contribution in [1.82, 2.24) is 0 Å². The number of carbonyl (C=O) groups is 1. The van der Waals surface area contributed by atoms with Gasteiger partial charge in [0.25, 0.3) is 6.09 Å². The SMILES string of the molecule is O=C([O-])[N+](Cc1ccccc1)(Cc1ccccc1)C1CC1(F)Cl. The van der Waals surface area contributed by atoms with Crippen LogP contribution in [0.4, 0.5) is 9.18 Å². The second-order valence-electron chi connectivity index (χ2n) is 6.07. The number of hydrogen-bond acceptors (Lipinski definition) is 2. The highest BCUT2D eigenvalue weighted by Crippen LogP contribution is 2.52. The standard InChI is InChI=1S/C18H17ClFNO2/c19-18(20)11-16(18)21(17(22)23,12-14-7-3-1-4-8-14)13-15-9-5-2-6-10-15/h1-10,16H,11-13H2. The first-order chi connectivity index (χ1) is 10.9. The quantitative estimate of drug-likeness (QED) is 0.622. The van der Waals surface area contributed by atoms with Gasteiger partial charge in [-0.3, -0.25) is 4.48 Å². The van der Waals surface area contributed by atoms with E-state index in [1.165, 1.54) is 0 Å². The first-order valence-corrected chi connectivity index (χ1v) is 7.86. The zero-order chi connectivity index (χ0) is 16.5. The summed E-state index contributed by atoms with van der Waals surface area (Å²) >= 11 is 5.79. The van der Waals surface area contributed by atoms with E-state index in [2.05, 4.69) is 0 Å². The van der Waals surface area contributed by atoms with Crippen LogP contribution in [0.15, 0.2) is 60.7 Å². The van der Waals surface area contributed by atoms with Crippen LogP contribution in [0.25, 0.3) is 0 Å². The highest BCUT2D eigenvalue weighted by molar-refractivity contribution is 6.25. The summed E-state index contributed by atoms with van der Waals surface area (Å²) in [5.74, 6) is 0. The van der Waals surface area contributed by atoms with Crippen LogP contribution in [0.5, 0.6) is 0 Å². The Morgan fingerprint density at radius 2 is 1.48 bits per heavy atom. The molecule has 3 nitrogen and oxygen atoms in total. The largest absolute Gasteiger partial charge is 0.498 e. The topological polar surface area (TPSA) is 40.1 Å². The van der Waals surface area contributed by atoms with Gasteiger partial charge in [0, 0.05) is 11.1 Å². The molecule has 120 valence electrons. The lowest BCUT2D eigenvalue weighted by Crippen LogP contribution is -2.60. The highest BCUT2D eigenvalue weighted by atomic mass is 35.5. The number of benzene rings is 2. The summed E-state index contributed by atoms with van der Waals surface area (Å²) in [6.45, 7) is 0.280. The average Bonchev–Trinajstić information content (AvgIpc) is 3.17. The number of alkyl halides is 2. The highest BCUT2D eigenvalue weighted by Gasteiger charge is 2.67. The fraction of sp³-hybridized carbons (Fsp3) is 0.278. The van der Waals surface area contributed by atoms with Gasteiger partial charge in [-0.15, -0.1) is 0 Å². The molecule has 1 aliphatic rings. The molecule has 5 heteroatoms. The smallest absolute Gasteiger partial charge is 0.258 e. The molecule has 0 N–H and O–H groups in total. The summed E-state index contributed by atoms with van der Waals surface area (Å²) in [4.78, 5) is 12.0. The van der Waals surface area contributed by atoms with Gasteiger partial charge in [0.05, 0.1) is 6.42 Å². The number of hydrogen-bond donors (Lipinski definition) is 0. The van der Waals surface area contributed by atoms with Crippen LogP contribution >= 0.6 is 11.6 Å². The molecule has 1 aliphatic carbocycles. The summed E-state index contributed by atoms with van der Waals surface area (Å²) in [6.07, 6.45) is -1.29. The zero-order valence-corrected chi connectivity index (χ0v) is 13.2. The number of nitrogens with zero attached hydrogens (tertiary/aromatic N) is 1. The van der Waals surface area contributed by atoms with Gasteiger partial charge in [-0.1, -0.05) is 72.3 Å². The fourth-order valence-electron chi connectivity index (χ4n) is 3.09. The minimum Gasteiger partial charge on any atom is -0.498 e. The molecule has 3 rings (SSSR count). The Hall–Kier alpha value is -1.91. The summed E-state index contributed by atoms with van der Waals surface area (Å²) in [7, 11) is 0. The van der Waals surface area contributed by atoms with Crippen molar-refractivity contribution in [2.45, 2.75) is 30.7 Å². The van der Waals surface area contributed by atoms with Crippen molar-refractivity contribution in [2.24, 2.45) is 0 Å². The molecular weight excluding hydrogens is 317 g/mol. The molecule has 0 heterocycles. The minimum atomic E-state index is -1.98. The van der Waals surface area contributed by atoms with E-state index in [4.69, 9.17) is 11.6 Å².